The Balaban J connectivity index is 1.17. The van der Waals surface area contributed by atoms with Gasteiger partial charge in [0.05, 0.1) is 22.3 Å². The number of aromatic nitrogens is 2. The third-order valence-electron chi connectivity index (χ3n) is 8.42. The highest BCUT2D eigenvalue weighted by Gasteiger charge is 2.18. The van der Waals surface area contributed by atoms with Gasteiger partial charge < -0.3 is 16.0 Å². The summed E-state index contributed by atoms with van der Waals surface area (Å²) in [7, 11) is 0. The fourth-order valence-electron chi connectivity index (χ4n) is 6.21. The molecule has 7 nitrogen and oxygen atoms in total. The minimum absolute atomic E-state index is 0.121. The van der Waals surface area contributed by atoms with Crippen molar-refractivity contribution >= 4 is 50.5 Å². The summed E-state index contributed by atoms with van der Waals surface area (Å²) in [5.41, 5.74) is 10.5. The monoisotopic (exact) mass is 592 g/mol. The van der Waals surface area contributed by atoms with Crippen molar-refractivity contribution in [3.05, 3.63) is 131 Å². The topological polar surface area (TPSA) is 82.2 Å². The molecule has 224 valence electrons. The molecule has 7 rings (SSSR count). The third kappa shape index (κ3) is 6.21. The number of carbonyl (C=O) groups is 1. The summed E-state index contributed by atoms with van der Waals surface area (Å²) in [4.78, 5) is 25.6. The second-order valence-corrected chi connectivity index (χ2v) is 11.7. The van der Waals surface area contributed by atoms with Gasteiger partial charge in [0.2, 0.25) is 0 Å². The van der Waals surface area contributed by atoms with Gasteiger partial charge in [-0.15, -0.1) is 0 Å². The molecule has 3 N–H and O–H groups in total. The standard InChI is InChI=1S/C38H36N6O/c1-25-21-36(30-11-5-7-13-33(30)40-25)42-29-15-16-35(43-37-22-26(2)41-34-14-8-6-12-31(34)37)32(23-29)38(45)39-18-20-44-19-17-27-9-3-4-10-28(27)24-44/h3-16,21-23H,17-20,24H2,1-2H3,(H,39,45)(H,40,42)(H,41,43). The molecule has 0 atom stereocenters. The van der Waals surface area contributed by atoms with E-state index in [1.54, 1.807) is 0 Å². The molecule has 1 amide bonds. The molecule has 0 bridgehead atoms. The molecule has 2 aromatic heterocycles. The van der Waals surface area contributed by atoms with Gasteiger partial charge in [-0.2, -0.15) is 0 Å². The summed E-state index contributed by atoms with van der Waals surface area (Å²) in [5, 5.41) is 12.4. The van der Waals surface area contributed by atoms with Crippen molar-refractivity contribution in [3.63, 3.8) is 0 Å². The van der Waals surface area contributed by atoms with Crippen LogP contribution in [0.5, 0.6) is 0 Å². The number of pyridine rings is 2. The summed E-state index contributed by atoms with van der Waals surface area (Å²) in [5.74, 6) is -0.121. The predicted molar refractivity (Wildman–Crippen MR) is 184 cm³/mol. The average molecular weight is 593 g/mol. The zero-order valence-corrected chi connectivity index (χ0v) is 25.6. The Morgan fingerprint density at radius 2 is 1.33 bits per heavy atom. The molecule has 0 saturated heterocycles. The average Bonchev–Trinajstić information content (AvgIpc) is 3.05. The van der Waals surface area contributed by atoms with Crippen LogP contribution in [0.25, 0.3) is 21.8 Å². The maximum atomic E-state index is 13.9. The number of hydrogen-bond acceptors (Lipinski definition) is 6. The van der Waals surface area contributed by atoms with E-state index in [-0.39, 0.29) is 5.91 Å². The van der Waals surface area contributed by atoms with Crippen molar-refractivity contribution in [2.45, 2.75) is 26.8 Å². The molecule has 45 heavy (non-hydrogen) atoms. The summed E-state index contributed by atoms with van der Waals surface area (Å²) in [6, 6.07) is 34.7. The van der Waals surface area contributed by atoms with E-state index in [1.165, 1.54) is 11.1 Å². The van der Waals surface area contributed by atoms with Crippen LogP contribution < -0.4 is 16.0 Å². The van der Waals surface area contributed by atoms with Crippen molar-refractivity contribution in [3.8, 4) is 0 Å². The normalized spacial score (nSPS) is 13.0. The predicted octanol–water partition coefficient (Wildman–Crippen LogP) is 7.68. The Labute approximate surface area is 263 Å². The van der Waals surface area contributed by atoms with Crippen molar-refractivity contribution in [2.24, 2.45) is 0 Å². The minimum Gasteiger partial charge on any atom is -0.355 e. The van der Waals surface area contributed by atoms with Gasteiger partial charge in [-0.25, -0.2) is 0 Å². The molecule has 0 fully saturated rings. The smallest absolute Gasteiger partial charge is 0.253 e. The Morgan fingerprint density at radius 3 is 2.04 bits per heavy atom. The van der Waals surface area contributed by atoms with Gasteiger partial charge in [-0.3, -0.25) is 19.7 Å². The number of benzene rings is 4. The Hall–Kier alpha value is -5.27. The number of amides is 1. The van der Waals surface area contributed by atoms with Crippen LogP contribution in [-0.2, 0) is 13.0 Å². The van der Waals surface area contributed by atoms with Gasteiger partial charge in [0.15, 0.2) is 0 Å². The summed E-state index contributed by atoms with van der Waals surface area (Å²) in [6.45, 7) is 7.23. The molecule has 0 unspecified atom stereocenters. The minimum atomic E-state index is -0.121. The molecule has 6 aromatic rings. The highest BCUT2D eigenvalue weighted by atomic mass is 16.1. The fourth-order valence-corrected chi connectivity index (χ4v) is 6.21. The lowest BCUT2D eigenvalue weighted by Gasteiger charge is -2.28. The molecule has 0 saturated carbocycles. The van der Waals surface area contributed by atoms with E-state index >= 15 is 0 Å². The zero-order chi connectivity index (χ0) is 30.8. The van der Waals surface area contributed by atoms with Gasteiger partial charge in [0.1, 0.15) is 0 Å². The van der Waals surface area contributed by atoms with Crippen LogP contribution in [-0.4, -0.2) is 40.4 Å². The molecule has 3 heterocycles. The second-order valence-electron chi connectivity index (χ2n) is 11.7. The summed E-state index contributed by atoms with van der Waals surface area (Å²) >= 11 is 0. The quantitative estimate of drug-likeness (QED) is 0.168. The van der Waals surface area contributed by atoms with Gasteiger partial charge in [0, 0.05) is 65.4 Å². The Kier molecular flexibility index (Phi) is 7.84. The molecule has 1 aliphatic rings. The molecule has 1 aliphatic heterocycles. The third-order valence-corrected chi connectivity index (χ3v) is 8.42. The van der Waals surface area contributed by atoms with Crippen molar-refractivity contribution in [1.29, 1.82) is 0 Å². The number of rotatable bonds is 8. The lowest BCUT2D eigenvalue weighted by Crippen LogP contribution is -2.38. The van der Waals surface area contributed by atoms with Crippen molar-refractivity contribution in [1.82, 2.24) is 20.2 Å². The molecule has 0 aliphatic carbocycles. The first-order valence-electron chi connectivity index (χ1n) is 15.5. The molecule has 0 spiro atoms. The molecule has 7 heteroatoms. The van der Waals surface area contributed by atoms with E-state index in [9.17, 15) is 4.79 Å². The van der Waals surface area contributed by atoms with Gasteiger partial charge in [-0.05, 0) is 73.9 Å². The summed E-state index contributed by atoms with van der Waals surface area (Å²) < 4.78 is 0. The van der Waals surface area contributed by atoms with Gasteiger partial charge >= 0.3 is 0 Å². The lowest BCUT2D eigenvalue weighted by atomic mass is 10.00. The Bertz CT molecular complexity index is 2040. The Morgan fingerprint density at radius 1 is 0.711 bits per heavy atom. The summed E-state index contributed by atoms with van der Waals surface area (Å²) in [6.07, 6.45) is 1.04. The van der Waals surface area contributed by atoms with Crippen LogP contribution in [0.4, 0.5) is 22.7 Å². The number of nitrogens with one attached hydrogen (secondary N) is 3. The first kappa shape index (κ1) is 28.5. The van der Waals surface area contributed by atoms with E-state index in [0.29, 0.717) is 12.1 Å². The van der Waals surface area contributed by atoms with Crippen LogP contribution >= 0.6 is 0 Å². The van der Waals surface area contributed by atoms with Crippen molar-refractivity contribution in [2.75, 3.05) is 30.3 Å². The zero-order valence-electron chi connectivity index (χ0n) is 25.6. The van der Waals surface area contributed by atoms with Crippen molar-refractivity contribution < 1.29 is 4.79 Å². The maximum Gasteiger partial charge on any atom is 0.253 e. The molecular formula is C38H36N6O. The number of para-hydroxylation sites is 2. The van der Waals surface area contributed by atoms with Gasteiger partial charge in [0.25, 0.3) is 5.91 Å². The van der Waals surface area contributed by atoms with Crippen LogP contribution in [0.2, 0.25) is 0 Å². The van der Waals surface area contributed by atoms with E-state index in [0.717, 1.165) is 82.0 Å². The van der Waals surface area contributed by atoms with E-state index in [4.69, 9.17) is 0 Å². The van der Waals surface area contributed by atoms with Crippen LogP contribution in [0.15, 0.2) is 103 Å². The lowest BCUT2D eigenvalue weighted by molar-refractivity contribution is 0.0948. The van der Waals surface area contributed by atoms with Crippen LogP contribution in [0, 0.1) is 13.8 Å². The fraction of sp³-hybridized carbons (Fsp3) is 0.184. The largest absolute Gasteiger partial charge is 0.355 e. The van der Waals surface area contributed by atoms with Crippen LogP contribution in [0.1, 0.15) is 32.9 Å². The first-order valence-corrected chi connectivity index (χ1v) is 15.5. The highest BCUT2D eigenvalue weighted by Crippen LogP contribution is 2.32. The molecule has 0 radical (unpaired) electrons. The van der Waals surface area contributed by atoms with Crippen LogP contribution in [0.3, 0.4) is 0 Å². The first-order chi connectivity index (χ1) is 22.0. The SMILES string of the molecule is Cc1cc(Nc2ccc(Nc3cc(C)nc4ccccc34)c(C(=O)NCCN3CCc4ccccc4C3)c2)c2ccccc2n1. The maximum absolute atomic E-state index is 13.9. The van der Waals surface area contributed by atoms with Gasteiger partial charge in [-0.1, -0.05) is 60.7 Å². The number of nitrogens with zero attached hydrogens (tertiary/aromatic N) is 3. The number of carbonyl (C=O) groups excluding carboxylic acids is 1. The van der Waals surface area contributed by atoms with E-state index < -0.39 is 0 Å². The molecule has 4 aromatic carbocycles. The second kappa shape index (κ2) is 12.4. The highest BCUT2D eigenvalue weighted by molar-refractivity contribution is 6.03. The number of hydrogen-bond donors (Lipinski definition) is 3. The molecular weight excluding hydrogens is 556 g/mol. The number of aryl methyl sites for hydroxylation is 2. The van der Waals surface area contributed by atoms with E-state index in [2.05, 4.69) is 61.2 Å². The van der Waals surface area contributed by atoms with E-state index in [1.807, 2.05) is 86.6 Å². The number of anilines is 4. The number of fused-ring (bicyclic) bond motifs is 3.